The van der Waals surface area contributed by atoms with Gasteiger partial charge in [-0.15, -0.1) is 0 Å². The Bertz CT molecular complexity index is 400. The van der Waals surface area contributed by atoms with Crippen molar-refractivity contribution in [2.75, 3.05) is 6.54 Å². The fraction of sp³-hybridized carbons (Fsp3) is 0.417. The standard InChI is InChI=1S/C12H13F2NO/c13-9-4-3-8(10(14)7-9)6-12(16)11-2-1-5-15-11/h3-4,7,11,15H,1-2,5-6H2. The van der Waals surface area contributed by atoms with Crippen LogP contribution < -0.4 is 5.32 Å². The van der Waals surface area contributed by atoms with Gasteiger partial charge in [-0.25, -0.2) is 8.78 Å². The second-order valence-corrected chi connectivity index (χ2v) is 4.03. The van der Waals surface area contributed by atoms with E-state index in [1.807, 2.05) is 0 Å². The van der Waals surface area contributed by atoms with E-state index in [-0.39, 0.29) is 23.8 Å². The molecule has 1 heterocycles. The average molecular weight is 225 g/mol. The van der Waals surface area contributed by atoms with Gasteiger partial charge in [0.1, 0.15) is 11.6 Å². The lowest BCUT2D eigenvalue weighted by molar-refractivity contribution is -0.120. The van der Waals surface area contributed by atoms with Crippen LogP contribution >= 0.6 is 0 Å². The predicted octanol–water partition coefficient (Wildman–Crippen LogP) is 1.83. The summed E-state index contributed by atoms with van der Waals surface area (Å²) in [6.45, 7) is 0.836. The monoisotopic (exact) mass is 225 g/mol. The largest absolute Gasteiger partial charge is 0.307 e. The third-order valence-corrected chi connectivity index (χ3v) is 2.83. The fourth-order valence-corrected chi connectivity index (χ4v) is 1.94. The van der Waals surface area contributed by atoms with Crippen LogP contribution in [0.4, 0.5) is 8.78 Å². The Hall–Kier alpha value is -1.29. The summed E-state index contributed by atoms with van der Waals surface area (Å²) in [6.07, 6.45) is 1.81. The number of carbonyl (C=O) groups excluding carboxylic acids is 1. The molecule has 4 heteroatoms. The number of hydrogen-bond donors (Lipinski definition) is 1. The summed E-state index contributed by atoms with van der Waals surface area (Å²) in [4.78, 5) is 11.7. The topological polar surface area (TPSA) is 29.1 Å². The Balaban J connectivity index is 2.05. The van der Waals surface area contributed by atoms with E-state index in [4.69, 9.17) is 0 Å². The molecule has 2 nitrogen and oxygen atoms in total. The molecule has 1 saturated heterocycles. The highest BCUT2D eigenvalue weighted by atomic mass is 19.1. The lowest BCUT2D eigenvalue weighted by Gasteiger charge is -2.09. The molecule has 0 saturated carbocycles. The van der Waals surface area contributed by atoms with Gasteiger partial charge in [-0.1, -0.05) is 6.07 Å². The van der Waals surface area contributed by atoms with Crippen molar-refractivity contribution in [3.05, 3.63) is 35.4 Å². The number of hydrogen-bond acceptors (Lipinski definition) is 2. The van der Waals surface area contributed by atoms with E-state index in [1.54, 1.807) is 0 Å². The van der Waals surface area contributed by atoms with Crippen LogP contribution in [0.1, 0.15) is 18.4 Å². The first-order valence-corrected chi connectivity index (χ1v) is 5.37. The SMILES string of the molecule is O=C(Cc1ccc(F)cc1F)C1CCCN1. The minimum absolute atomic E-state index is 0.0250. The molecule has 1 N–H and O–H groups in total. The Morgan fingerprint density at radius 2 is 2.25 bits per heavy atom. The molecule has 1 aliphatic heterocycles. The van der Waals surface area contributed by atoms with Crippen molar-refractivity contribution in [1.29, 1.82) is 0 Å². The molecule has 0 aromatic heterocycles. The van der Waals surface area contributed by atoms with E-state index in [2.05, 4.69) is 5.32 Å². The van der Waals surface area contributed by atoms with E-state index >= 15 is 0 Å². The number of rotatable bonds is 3. The molecule has 1 aromatic rings. The second-order valence-electron chi connectivity index (χ2n) is 4.03. The molecule has 0 aliphatic carbocycles. The molecule has 1 aromatic carbocycles. The Morgan fingerprint density at radius 3 is 2.88 bits per heavy atom. The van der Waals surface area contributed by atoms with Gasteiger partial charge < -0.3 is 5.32 Å². The zero-order chi connectivity index (χ0) is 11.5. The van der Waals surface area contributed by atoms with Gasteiger partial charge in [0.25, 0.3) is 0 Å². The lowest BCUT2D eigenvalue weighted by Crippen LogP contribution is -2.32. The molecule has 2 rings (SSSR count). The van der Waals surface area contributed by atoms with E-state index in [1.165, 1.54) is 12.1 Å². The molecular weight excluding hydrogens is 212 g/mol. The van der Waals surface area contributed by atoms with Gasteiger partial charge in [0.05, 0.1) is 6.04 Å². The molecular formula is C12H13F2NO. The van der Waals surface area contributed by atoms with Crippen molar-refractivity contribution in [2.24, 2.45) is 0 Å². The van der Waals surface area contributed by atoms with E-state index < -0.39 is 11.6 Å². The first-order chi connectivity index (χ1) is 7.66. The highest BCUT2D eigenvalue weighted by Crippen LogP contribution is 2.14. The molecule has 0 spiro atoms. The summed E-state index contributed by atoms with van der Waals surface area (Å²) in [6, 6.07) is 3.15. The molecule has 86 valence electrons. The van der Waals surface area contributed by atoms with Crippen LogP contribution in [-0.2, 0) is 11.2 Å². The van der Waals surface area contributed by atoms with Crippen LogP contribution in [-0.4, -0.2) is 18.4 Å². The molecule has 0 amide bonds. The Labute approximate surface area is 92.7 Å². The third kappa shape index (κ3) is 2.44. The Kier molecular flexibility index (Phi) is 3.29. The predicted molar refractivity (Wildman–Crippen MR) is 56.1 cm³/mol. The summed E-state index contributed by atoms with van der Waals surface area (Å²) >= 11 is 0. The number of nitrogens with one attached hydrogen (secondary N) is 1. The second kappa shape index (κ2) is 4.70. The van der Waals surface area contributed by atoms with Crippen molar-refractivity contribution in [2.45, 2.75) is 25.3 Å². The molecule has 1 unspecified atom stereocenters. The number of ketones is 1. The van der Waals surface area contributed by atoms with Crippen LogP contribution in [0.3, 0.4) is 0 Å². The van der Waals surface area contributed by atoms with Gasteiger partial charge in [0, 0.05) is 12.5 Å². The maximum absolute atomic E-state index is 13.3. The molecule has 1 fully saturated rings. The molecule has 1 atom stereocenters. The van der Waals surface area contributed by atoms with E-state index in [0.29, 0.717) is 0 Å². The average Bonchev–Trinajstić information content (AvgIpc) is 2.75. The lowest BCUT2D eigenvalue weighted by atomic mass is 10.0. The maximum Gasteiger partial charge on any atom is 0.154 e. The molecule has 0 radical (unpaired) electrons. The summed E-state index contributed by atoms with van der Waals surface area (Å²) in [5.74, 6) is -1.29. The van der Waals surface area contributed by atoms with E-state index in [0.717, 1.165) is 25.5 Å². The fourth-order valence-electron chi connectivity index (χ4n) is 1.94. The first-order valence-electron chi connectivity index (χ1n) is 5.37. The van der Waals surface area contributed by atoms with Crippen LogP contribution in [0.5, 0.6) is 0 Å². The smallest absolute Gasteiger partial charge is 0.154 e. The minimum atomic E-state index is -0.647. The van der Waals surface area contributed by atoms with Crippen LogP contribution in [0.25, 0.3) is 0 Å². The van der Waals surface area contributed by atoms with E-state index in [9.17, 15) is 13.6 Å². The number of Topliss-reactive ketones (excluding diaryl/α,β-unsaturated/α-hetero) is 1. The first kappa shape index (κ1) is 11.2. The minimum Gasteiger partial charge on any atom is -0.307 e. The molecule has 0 bridgehead atoms. The molecule has 16 heavy (non-hydrogen) atoms. The summed E-state index contributed by atoms with van der Waals surface area (Å²) < 4.78 is 25.9. The number of halogens is 2. The van der Waals surface area contributed by atoms with Gasteiger partial charge in [-0.3, -0.25) is 4.79 Å². The van der Waals surface area contributed by atoms with Gasteiger partial charge in [0.15, 0.2) is 5.78 Å². The third-order valence-electron chi connectivity index (χ3n) is 2.83. The highest BCUT2D eigenvalue weighted by Gasteiger charge is 2.22. The summed E-state index contributed by atoms with van der Waals surface area (Å²) in [5.41, 5.74) is 0.264. The number of carbonyl (C=O) groups is 1. The number of benzene rings is 1. The summed E-state index contributed by atoms with van der Waals surface area (Å²) in [7, 11) is 0. The van der Waals surface area contributed by atoms with Gasteiger partial charge in [-0.05, 0) is 31.0 Å². The highest BCUT2D eigenvalue weighted by molar-refractivity contribution is 5.86. The molecule has 1 aliphatic rings. The maximum atomic E-state index is 13.3. The normalized spacial score (nSPS) is 20.0. The van der Waals surface area contributed by atoms with Crippen LogP contribution in [0.2, 0.25) is 0 Å². The van der Waals surface area contributed by atoms with Crippen molar-refractivity contribution >= 4 is 5.78 Å². The quantitative estimate of drug-likeness (QED) is 0.850. The van der Waals surface area contributed by atoms with Gasteiger partial charge in [0.2, 0.25) is 0 Å². The van der Waals surface area contributed by atoms with Crippen molar-refractivity contribution in [3.63, 3.8) is 0 Å². The Morgan fingerprint density at radius 1 is 1.44 bits per heavy atom. The van der Waals surface area contributed by atoms with Gasteiger partial charge >= 0.3 is 0 Å². The van der Waals surface area contributed by atoms with Crippen molar-refractivity contribution in [3.8, 4) is 0 Å². The van der Waals surface area contributed by atoms with Crippen molar-refractivity contribution < 1.29 is 13.6 Å². The summed E-state index contributed by atoms with van der Waals surface area (Å²) in [5, 5.41) is 3.06. The van der Waals surface area contributed by atoms with Crippen LogP contribution in [0, 0.1) is 11.6 Å². The van der Waals surface area contributed by atoms with Crippen molar-refractivity contribution in [1.82, 2.24) is 5.32 Å². The van der Waals surface area contributed by atoms with Crippen LogP contribution in [0.15, 0.2) is 18.2 Å². The zero-order valence-electron chi connectivity index (χ0n) is 8.80. The zero-order valence-corrected chi connectivity index (χ0v) is 8.80. The van der Waals surface area contributed by atoms with Gasteiger partial charge in [-0.2, -0.15) is 0 Å².